The number of aromatic nitrogens is 2. The summed E-state index contributed by atoms with van der Waals surface area (Å²) in [5, 5.41) is 7.35. The topological polar surface area (TPSA) is 68.5 Å². The van der Waals surface area contributed by atoms with E-state index in [1.165, 1.54) is 5.56 Å². The van der Waals surface area contributed by atoms with E-state index in [4.69, 9.17) is 4.74 Å². The molecule has 0 radical (unpaired) electrons. The Morgan fingerprint density at radius 1 is 1.13 bits per heavy atom. The molecule has 3 aromatic rings. The summed E-state index contributed by atoms with van der Waals surface area (Å²) >= 11 is 0. The summed E-state index contributed by atoms with van der Waals surface area (Å²) in [4.78, 5) is 17.3. The second kappa shape index (κ2) is 9.22. The Bertz CT molecular complexity index is 1080. The van der Waals surface area contributed by atoms with Gasteiger partial charge in [-0.05, 0) is 24.1 Å². The maximum atomic E-state index is 12.7. The van der Waals surface area contributed by atoms with Gasteiger partial charge in [-0.1, -0.05) is 55.5 Å². The summed E-state index contributed by atoms with van der Waals surface area (Å²) in [6.07, 6.45) is 7.09. The van der Waals surface area contributed by atoms with Crippen molar-refractivity contribution in [1.82, 2.24) is 9.78 Å². The maximum Gasteiger partial charge on any atom is 0.270 e. The van der Waals surface area contributed by atoms with Crippen molar-refractivity contribution in [3.63, 3.8) is 0 Å². The van der Waals surface area contributed by atoms with E-state index in [1.807, 2.05) is 66.3 Å². The number of allylic oxidation sites excluding steroid dienone is 1. The van der Waals surface area contributed by atoms with E-state index in [9.17, 15) is 4.79 Å². The number of para-hydroxylation sites is 2. The molecule has 1 aliphatic rings. The number of benzene rings is 2. The Hall–Kier alpha value is -3.67. The Labute approximate surface area is 175 Å². The number of nitrogens with one attached hydrogen (secondary N) is 1. The van der Waals surface area contributed by atoms with Gasteiger partial charge < -0.3 is 10.1 Å². The van der Waals surface area contributed by atoms with Crippen LogP contribution in [0.4, 0.5) is 5.69 Å². The van der Waals surface area contributed by atoms with Crippen molar-refractivity contribution < 1.29 is 9.53 Å². The molecular weight excluding hydrogens is 376 g/mol. The molecule has 6 nitrogen and oxygen atoms in total. The van der Waals surface area contributed by atoms with Crippen LogP contribution in [0.15, 0.2) is 78.1 Å². The second-order valence-electron chi connectivity index (χ2n) is 7.06. The minimum Gasteiger partial charge on any atom is -0.491 e. The number of ether oxygens (including phenoxy) is 1. The lowest BCUT2D eigenvalue weighted by Crippen LogP contribution is -2.21. The summed E-state index contributed by atoms with van der Waals surface area (Å²) in [7, 11) is 0. The third kappa shape index (κ3) is 4.66. The van der Waals surface area contributed by atoms with Crippen LogP contribution in [-0.2, 0) is 11.3 Å². The molecule has 1 aliphatic heterocycles. The lowest BCUT2D eigenvalue weighted by atomic mass is 10.2. The SMILES string of the molecule is CCCOc1ccccc1NC(=O)C1=NC(c2cnn(Cc3ccccc3)c2)=CC1. The fraction of sp³-hybridized carbons (Fsp3) is 0.208. The number of nitrogens with zero attached hydrogens (tertiary/aromatic N) is 3. The Kier molecular flexibility index (Phi) is 6.03. The fourth-order valence-electron chi connectivity index (χ4n) is 3.21. The van der Waals surface area contributed by atoms with Gasteiger partial charge in [0.2, 0.25) is 0 Å². The molecule has 0 spiro atoms. The molecular formula is C24H24N4O2. The first-order valence-electron chi connectivity index (χ1n) is 10.1. The van der Waals surface area contributed by atoms with Crippen molar-refractivity contribution in [3.8, 4) is 5.75 Å². The molecule has 0 saturated carbocycles. The van der Waals surface area contributed by atoms with Crippen LogP contribution in [0.3, 0.4) is 0 Å². The highest BCUT2D eigenvalue weighted by atomic mass is 16.5. The maximum absolute atomic E-state index is 12.7. The number of anilines is 1. The van der Waals surface area contributed by atoms with Gasteiger partial charge in [0.15, 0.2) is 0 Å². The van der Waals surface area contributed by atoms with Gasteiger partial charge in [0, 0.05) is 18.2 Å². The lowest BCUT2D eigenvalue weighted by Gasteiger charge is -2.11. The van der Waals surface area contributed by atoms with Crippen molar-refractivity contribution in [2.45, 2.75) is 26.3 Å². The van der Waals surface area contributed by atoms with Crippen molar-refractivity contribution >= 4 is 23.0 Å². The average Bonchev–Trinajstić information content (AvgIpc) is 3.44. The molecule has 1 aromatic heterocycles. The van der Waals surface area contributed by atoms with Crippen LogP contribution in [0.5, 0.6) is 5.75 Å². The Balaban J connectivity index is 1.42. The summed E-state index contributed by atoms with van der Waals surface area (Å²) < 4.78 is 7.59. The van der Waals surface area contributed by atoms with E-state index in [2.05, 4.69) is 27.5 Å². The quantitative estimate of drug-likeness (QED) is 0.603. The van der Waals surface area contributed by atoms with Gasteiger partial charge in [0.25, 0.3) is 5.91 Å². The zero-order chi connectivity index (χ0) is 20.8. The molecule has 4 rings (SSSR count). The monoisotopic (exact) mass is 400 g/mol. The van der Waals surface area contributed by atoms with Crippen molar-refractivity contribution in [1.29, 1.82) is 0 Å². The van der Waals surface area contributed by atoms with Crippen LogP contribution in [-0.4, -0.2) is 28.0 Å². The standard InChI is InChI=1S/C24H24N4O2/c1-2-14-30-23-11-7-6-10-21(23)27-24(29)22-13-12-20(26-22)19-15-25-28(17-19)16-18-8-4-3-5-9-18/h3-12,15,17H,2,13-14,16H2,1H3,(H,27,29). The minimum absolute atomic E-state index is 0.217. The van der Waals surface area contributed by atoms with Gasteiger partial charge in [-0.2, -0.15) is 5.10 Å². The van der Waals surface area contributed by atoms with Gasteiger partial charge in [0.1, 0.15) is 11.5 Å². The molecule has 1 amide bonds. The normalized spacial score (nSPS) is 13.0. The van der Waals surface area contributed by atoms with Crippen molar-refractivity contribution in [2.24, 2.45) is 4.99 Å². The molecule has 0 saturated heterocycles. The van der Waals surface area contributed by atoms with Gasteiger partial charge in [-0.25, -0.2) is 4.99 Å². The zero-order valence-electron chi connectivity index (χ0n) is 16.9. The molecule has 0 unspecified atom stereocenters. The third-order valence-corrected chi connectivity index (χ3v) is 4.72. The molecule has 152 valence electrons. The smallest absolute Gasteiger partial charge is 0.270 e. The van der Waals surface area contributed by atoms with Gasteiger partial charge in [-0.15, -0.1) is 0 Å². The highest BCUT2D eigenvalue weighted by Crippen LogP contribution is 2.26. The van der Waals surface area contributed by atoms with E-state index in [-0.39, 0.29) is 5.91 Å². The number of rotatable bonds is 8. The predicted molar refractivity (Wildman–Crippen MR) is 119 cm³/mol. The highest BCUT2D eigenvalue weighted by Gasteiger charge is 2.19. The van der Waals surface area contributed by atoms with Crippen LogP contribution < -0.4 is 10.1 Å². The first-order valence-corrected chi connectivity index (χ1v) is 10.1. The Morgan fingerprint density at radius 3 is 2.77 bits per heavy atom. The van der Waals surface area contributed by atoms with Crippen LogP contribution in [0, 0.1) is 0 Å². The predicted octanol–water partition coefficient (Wildman–Crippen LogP) is 4.54. The van der Waals surface area contributed by atoms with E-state index in [0.29, 0.717) is 36.7 Å². The van der Waals surface area contributed by atoms with Crippen LogP contribution in [0.1, 0.15) is 30.9 Å². The molecule has 1 N–H and O–H groups in total. The van der Waals surface area contributed by atoms with E-state index in [0.717, 1.165) is 17.7 Å². The minimum atomic E-state index is -0.217. The molecule has 30 heavy (non-hydrogen) atoms. The molecule has 0 bridgehead atoms. The van der Waals surface area contributed by atoms with Crippen LogP contribution in [0.25, 0.3) is 5.70 Å². The number of carbonyl (C=O) groups is 1. The molecule has 0 fully saturated rings. The fourth-order valence-corrected chi connectivity index (χ4v) is 3.21. The number of hydrogen-bond donors (Lipinski definition) is 1. The number of carbonyl (C=O) groups excluding carboxylic acids is 1. The third-order valence-electron chi connectivity index (χ3n) is 4.72. The van der Waals surface area contributed by atoms with Gasteiger partial charge >= 0.3 is 0 Å². The van der Waals surface area contributed by atoms with E-state index < -0.39 is 0 Å². The lowest BCUT2D eigenvalue weighted by molar-refractivity contribution is -0.110. The number of amides is 1. The first-order chi connectivity index (χ1) is 14.7. The van der Waals surface area contributed by atoms with Gasteiger partial charge in [0.05, 0.1) is 30.7 Å². The summed E-state index contributed by atoms with van der Waals surface area (Å²) in [6.45, 7) is 3.34. The molecule has 2 aromatic carbocycles. The molecule has 2 heterocycles. The molecule has 0 aliphatic carbocycles. The molecule has 0 atom stereocenters. The molecule has 6 heteroatoms. The first kappa shape index (κ1) is 19.6. The summed E-state index contributed by atoms with van der Waals surface area (Å²) in [6, 6.07) is 17.6. The summed E-state index contributed by atoms with van der Waals surface area (Å²) in [5.41, 5.74) is 3.99. The second-order valence-corrected chi connectivity index (χ2v) is 7.06. The van der Waals surface area contributed by atoms with Crippen molar-refractivity contribution in [2.75, 3.05) is 11.9 Å². The van der Waals surface area contributed by atoms with E-state index >= 15 is 0 Å². The largest absolute Gasteiger partial charge is 0.491 e. The van der Waals surface area contributed by atoms with Crippen LogP contribution in [0.2, 0.25) is 0 Å². The summed E-state index contributed by atoms with van der Waals surface area (Å²) in [5.74, 6) is 0.451. The highest BCUT2D eigenvalue weighted by molar-refractivity contribution is 6.45. The van der Waals surface area contributed by atoms with Crippen LogP contribution >= 0.6 is 0 Å². The Morgan fingerprint density at radius 2 is 1.93 bits per heavy atom. The average molecular weight is 400 g/mol. The van der Waals surface area contributed by atoms with E-state index in [1.54, 1.807) is 6.20 Å². The number of hydrogen-bond acceptors (Lipinski definition) is 4. The van der Waals surface area contributed by atoms with Gasteiger partial charge in [-0.3, -0.25) is 9.48 Å². The van der Waals surface area contributed by atoms with Crippen molar-refractivity contribution in [3.05, 3.63) is 84.2 Å². The number of aliphatic imine (C=N–C) groups is 1. The zero-order valence-corrected chi connectivity index (χ0v) is 16.9.